The van der Waals surface area contributed by atoms with Crippen molar-refractivity contribution < 1.29 is 14.3 Å². The van der Waals surface area contributed by atoms with Crippen molar-refractivity contribution in [1.82, 2.24) is 15.1 Å². The number of carbonyl (C=O) groups is 2. The third-order valence-corrected chi connectivity index (χ3v) is 4.28. The second kappa shape index (κ2) is 8.68. The summed E-state index contributed by atoms with van der Waals surface area (Å²) in [4.78, 5) is 28.2. The number of para-hydroxylation sites is 1. The van der Waals surface area contributed by atoms with Crippen molar-refractivity contribution in [1.29, 1.82) is 0 Å². The molecule has 0 aromatic heterocycles. The van der Waals surface area contributed by atoms with Gasteiger partial charge in [-0.15, -0.1) is 0 Å². The van der Waals surface area contributed by atoms with Gasteiger partial charge in [-0.1, -0.05) is 18.2 Å². The minimum atomic E-state index is -0.530. The normalized spacial score (nSPS) is 16.0. The molecule has 1 aromatic rings. The first-order chi connectivity index (χ1) is 11.5. The molecule has 1 heterocycles. The molecule has 1 aliphatic heterocycles. The summed E-state index contributed by atoms with van der Waals surface area (Å²) in [5.74, 6) is 0.848. The van der Waals surface area contributed by atoms with Crippen LogP contribution in [-0.4, -0.2) is 67.5 Å². The Morgan fingerprint density at radius 3 is 2.42 bits per heavy atom. The number of nitrogens with zero attached hydrogens (tertiary/aromatic N) is 2. The fourth-order valence-corrected chi connectivity index (χ4v) is 2.75. The number of amides is 2. The zero-order valence-electron chi connectivity index (χ0n) is 14.7. The Labute approximate surface area is 143 Å². The van der Waals surface area contributed by atoms with E-state index in [1.165, 1.54) is 0 Å². The molecule has 1 aromatic carbocycles. The van der Waals surface area contributed by atoms with Crippen LogP contribution in [0.4, 0.5) is 0 Å². The van der Waals surface area contributed by atoms with Crippen LogP contribution in [0, 0.1) is 6.92 Å². The van der Waals surface area contributed by atoms with Crippen molar-refractivity contribution in [2.24, 2.45) is 0 Å². The van der Waals surface area contributed by atoms with Gasteiger partial charge in [-0.25, -0.2) is 0 Å². The van der Waals surface area contributed by atoms with Crippen molar-refractivity contribution in [3.05, 3.63) is 29.8 Å². The number of hydrogen-bond acceptors (Lipinski definition) is 4. The Balaban J connectivity index is 1.84. The van der Waals surface area contributed by atoms with Crippen LogP contribution in [0.5, 0.6) is 5.75 Å². The first-order valence-electron chi connectivity index (χ1n) is 8.46. The average Bonchev–Trinajstić information content (AvgIpc) is 2.61. The molecule has 0 saturated carbocycles. The highest BCUT2D eigenvalue weighted by molar-refractivity contribution is 5.81. The van der Waals surface area contributed by atoms with Crippen molar-refractivity contribution in [3.8, 4) is 5.75 Å². The molecule has 1 unspecified atom stereocenters. The Hall–Kier alpha value is -2.08. The number of carbonyl (C=O) groups excluding carboxylic acids is 2. The van der Waals surface area contributed by atoms with E-state index in [0.29, 0.717) is 39.1 Å². The lowest BCUT2D eigenvalue weighted by Crippen LogP contribution is -2.53. The highest BCUT2D eigenvalue weighted by Crippen LogP contribution is 2.18. The van der Waals surface area contributed by atoms with E-state index in [4.69, 9.17) is 4.74 Å². The first-order valence-corrected chi connectivity index (χ1v) is 8.46. The Morgan fingerprint density at radius 1 is 1.17 bits per heavy atom. The van der Waals surface area contributed by atoms with E-state index >= 15 is 0 Å². The minimum Gasteiger partial charge on any atom is -0.481 e. The second-order valence-electron chi connectivity index (χ2n) is 6.09. The van der Waals surface area contributed by atoms with Gasteiger partial charge in [-0.2, -0.15) is 0 Å². The number of ether oxygens (including phenoxy) is 1. The quantitative estimate of drug-likeness (QED) is 0.845. The van der Waals surface area contributed by atoms with Crippen LogP contribution in [0.15, 0.2) is 24.3 Å². The molecule has 1 fully saturated rings. The van der Waals surface area contributed by atoms with E-state index < -0.39 is 6.10 Å². The fraction of sp³-hybridized carbons (Fsp3) is 0.556. The van der Waals surface area contributed by atoms with E-state index in [-0.39, 0.29) is 11.8 Å². The molecule has 0 bridgehead atoms. The Bertz CT molecular complexity index is 568. The topological polar surface area (TPSA) is 61.9 Å². The molecule has 0 radical (unpaired) electrons. The first kappa shape index (κ1) is 18.3. The molecule has 1 saturated heterocycles. The SMILES string of the molecule is CNCCC(=O)N1CCN(C(=O)C(C)Oc2ccccc2C)CC1. The van der Waals surface area contributed by atoms with Crippen molar-refractivity contribution in [2.75, 3.05) is 39.8 Å². The Kier molecular flexibility index (Phi) is 6.61. The Morgan fingerprint density at radius 2 is 1.79 bits per heavy atom. The van der Waals surface area contributed by atoms with Crippen LogP contribution in [-0.2, 0) is 9.59 Å². The van der Waals surface area contributed by atoms with E-state index in [1.54, 1.807) is 11.8 Å². The summed E-state index contributed by atoms with van der Waals surface area (Å²) >= 11 is 0. The van der Waals surface area contributed by atoms with Crippen LogP contribution < -0.4 is 10.1 Å². The van der Waals surface area contributed by atoms with Crippen molar-refractivity contribution >= 4 is 11.8 Å². The van der Waals surface area contributed by atoms with Gasteiger partial charge in [0, 0.05) is 39.1 Å². The summed E-state index contributed by atoms with van der Waals surface area (Å²) in [6.07, 6.45) is -0.0327. The van der Waals surface area contributed by atoms with Crippen LogP contribution in [0.25, 0.3) is 0 Å². The van der Waals surface area contributed by atoms with Crippen LogP contribution >= 0.6 is 0 Å². The minimum absolute atomic E-state index is 0.0272. The third kappa shape index (κ3) is 4.71. The number of hydrogen-bond donors (Lipinski definition) is 1. The molecular formula is C18H27N3O3. The number of benzene rings is 1. The van der Waals surface area contributed by atoms with Gasteiger partial charge < -0.3 is 19.9 Å². The van der Waals surface area contributed by atoms with Crippen LogP contribution in [0.2, 0.25) is 0 Å². The monoisotopic (exact) mass is 333 g/mol. The van der Waals surface area contributed by atoms with Gasteiger partial charge in [-0.3, -0.25) is 9.59 Å². The van der Waals surface area contributed by atoms with Gasteiger partial charge in [0.2, 0.25) is 5.91 Å². The van der Waals surface area contributed by atoms with Crippen LogP contribution in [0.3, 0.4) is 0 Å². The maximum absolute atomic E-state index is 12.5. The second-order valence-corrected chi connectivity index (χ2v) is 6.09. The maximum Gasteiger partial charge on any atom is 0.263 e. The molecule has 6 heteroatoms. The van der Waals surface area contributed by atoms with Gasteiger partial charge in [0.25, 0.3) is 5.91 Å². The lowest BCUT2D eigenvalue weighted by Gasteiger charge is -2.36. The third-order valence-electron chi connectivity index (χ3n) is 4.28. The maximum atomic E-state index is 12.5. The lowest BCUT2D eigenvalue weighted by atomic mass is 10.2. The molecule has 1 atom stereocenters. The number of nitrogens with one attached hydrogen (secondary N) is 1. The number of piperazine rings is 1. The highest BCUT2D eigenvalue weighted by atomic mass is 16.5. The van der Waals surface area contributed by atoms with Crippen molar-refractivity contribution in [2.45, 2.75) is 26.4 Å². The molecule has 2 rings (SSSR count). The predicted molar refractivity (Wildman–Crippen MR) is 93.0 cm³/mol. The summed E-state index contributed by atoms with van der Waals surface area (Å²) < 4.78 is 5.81. The molecule has 132 valence electrons. The summed E-state index contributed by atoms with van der Waals surface area (Å²) in [5.41, 5.74) is 1.01. The molecular weight excluding hydrogens is 306 g/mol. The van der Waals surface area contributed by atoms with Crippen LogP contribution in [0.1, 0.15) is 18.9 Å². The summed E-state index contributed by atoms with van der Waals surface area (Å²) in [6, 6.07) is 7.67. The van der Waals surface area contributed by atoms with E-state index in [0.717, 1.165) is 11.3 Å². The van der Waals surface area contributed by atoms with Crippen molar-refractivity contribution in [3.63, 3.8) is 0 Å². The van der Waals surface area contributed by atoms with Gasteiger partial charge >= 0.3 is 0 Å². The summed E-state index contributed by atoms with van der Waals surface area (Å²) in [5, 5.41) is 2.98. The zero-order chi connectivity index (χ0) is 17.5. The van der Waals surface area contributed by atoms with Gasteiger partial charge in [0.15, 0.2) is 6.10 Å². The summed E-state index contributed by atoms with van der Waals surface area (Å²) in [6.45, 7) is 6.72. The fourth-order valence-electron chi connectivity index (χ4n) is 2.75. The molecule has 6 nitrogen and oxygen atoms in total. The number of rotatable bonds is 6. The predicted octanol–water partition coefficient (Wildman–Crippen LogP) is 1.04. The molecule has 24 heavy (non-hydrogen) atoms. The largest absolute Gasteiger partial charge is 0.481 e. The molecule has 0 aliphatic carbocycles. The van der Waals surface area contributed by atoms with Gasteiger partial charge in [-0.05, 0) is 32.5 Å². The zero-order valence-corrected chi connectivity index (χ0v) is 14.7. The molecule has 1 aliphatic rings. The standard InChI is InChI=1S/C18H27N3O3/c1-14-6-4-5-7-16(14)24-15(2)18(23)21-12-10-20(11-13-21)17(22)8-9-19-3/h4-7,15,19H,8-13H2,1-3H3. The van der Waals surface area contributed by atoms with E-state index in [2.05, 4.69) is 5.32 Å². The smallest absolute Gasteiger partial charge is 0.263 e. The average molecular weight is 333 g/mol. The van der Waals surface area contributed by atoms with Gasteiger partial charge in [0.05, 0.1) is 0 Å². The van der Waals surface area contributed by atoms with E-state index in [1.807, 2.05) is 43.1 Å². The highest BCUT2D eigenvalue weighted by Gasteiger charge is 2.27. The number of aryl methyl sites for hydroxylation is 1. The summed E-state index contributed by atoms with van der Waals surface area (Å²) in [7, 11) is 1.83. The molecule has 1 N–H and O–H groups in total. The molecule has 2 amide bonds. The molecule has 0 spiro atoms. The van der Waals surface area contributed by atoms with E-state index in [9.17, 15) is 9.59 Å². The van der Waals surface area contributed by atoms with Gasteiger partial charge in [0.1, 0.15) is 5.75 Å². The lowest BCUT2D eigenvalue weighted by molar-refractivity contribution is -0.143.